The minimum absolute atomic E-state index is 0.0398. The predicted molar refractivity (Wildman–Crippen MR) is 83.2 cm³/mol. The number of ether oxygens (including phenoxy) is 1. The van der Waals surface area contributed by atoms with Crippen molar-refractivity contribution in [3.63, 3.8) is 0 Å². The van der Waals surface area contributed by atoms with Crippen LogP contribution in [0.3, 0.4) is 0 Å². The third-order valence-corrected chi connectivity index (χ3v) is 3.56. The number of pyridine rings is 1. The molecule has 3 rings (SSSR count). The summed E-state index contributed by atoms with van der Waals surface area (Å²) in [4.78, 5) is 27.2. The van der Waals surface area contributed by atoms with Gasteiger partial charge in [-0.25, -0.2) is 4.79 Å². The molecule has 0 aliphatic rings. The van der Waals surface area contributed by atoms with Crippen LogP contribution < -0.4 is 5.43 Å². The number of nitrogens with one attached hydrogen (secondary N) is 1. The highest BCUT2D eigenvalue weighted by molar-refractivity contribution is 6.34. The van der Waals surface area contributed by atoms with Gasteiger partial charge in [-0.3, -0.25) is 4.79 Å². The molecule has 0 fully saturated rings. The molecule has 112 valence electrons. The Labute approximate surface area is 130 Å². The number of aromatic nitrogens is 1. The summed E-state index contributed by atoms with van der Waals surface area (Å²) in [5.74, 6) is -0.104. The molecule has 1 aromatic carbocycles. The molecule has 0 atom stereocenters. The Morgan fingerprint density at radius 2 is 2.23 bits per heavy atom. The first kappa shape index (κ1) is 14.4. The average Bonchev–Trinajstić information content (AvgIpc) is 3.01. The van der Waals surface area contributed by atoms with E-state index in [0.29, 0.717) is 27.2 Å². The maximum atomic E-state index is 12.5. The van der Waals surface area contributed by atoms with Gasteiger partial charge in [0.1, 0.15) is 11.3 Å². The first-order valence-corrected chi connectivity index (χ1v) is 7.05. The molecule has 0 saturated heterocycles. The van der Waals surface area contributed by atoms with Crippen LogP contribution in [0.5, 0.6) is 0 Å². The number of carbonyl (C=O) groups excluding carboxylic acids is 1. The van der Waals surface area contributed by atoms with Gasteiger partial charge in [-0.2, -0.15) is 0 Å². The fourth-order valence-corrected chi connectivity index (χ4v) is 2.48. The standard InChI is InChI=1S/C16H12ClNO4/c1-2-21-16(20)11-8-18-13-7-12(17)9(6-10(13)15(11)19)14-4-3-5-22-14/h3-8H,2H2,1H3,(H,18,19). The molecule has 0 amide bonds. The number of H-pyrrole nitrogens is 1. The van der Waals surface area contributed by atoms with Crippen LogP contribution in [0.4, 0.5) is 0 Å². The van der Waals surface area contributed by atoms with Gasteiger partial charge < -0.3 is 14.1 Å². The van der Waals surface area contributed by atoms with E-state index in [9.17, 15) is 9.59 Å². The summed E-state index contributed by atoms with van der Waals surface area (Å²) in [6, 6.07) is 6.72. The summed E-state index contributed by atoms with van der Waals surface area (Å²) in [7, 11) is 0. The van der Waals surface area contributed by atoms with Gasteiger partial charge in [0, 0.05) is 17.1 Å². The van der Waals surface area contributed by atoms with Gasteiger partial charge in [-0.05, 0) is 31.2 Å². The molecule has 22 heavy (non-hydrogen) atoms. The molecule has 5 nitrogen and oxygen atoms in total. The lowest BCUT2D eigenvalue weighted by atomic mass is 10.1. The van der Waals surface area contributed by atoms with Crippen LogP contribution in [0, 0.1) is 0 Å². The number of halogens is 1. The number of fused-ring (bicyclic) bond motifs is 1. The Balaban J connectivity index is 2.23. The van der Waals surface area contributed by atoms with E-state index in [4.69, 9.17) is 20.8 Å². The molecule has 3 aromatic rings. The molecular weight excluding hydrogens is 306 g/mol. The Morgan fingerprint density at radius 1 is 1.41 bits per heavy atom. The van der Waals surface area contributed by atoms with E-state index in [1.807, 2.05) is 0 Å². The molecule has 0 aliphatic carbocycles. The van der Waals surface area contributed by atoms with Crippen molar-refractivity contribution in [3.05, 3.63) is 57.5 Å². The van der Waals surface area contributed by atoms with Gasteiger partial charge in [0.25, 0.3) is 0 Å². The number of carbonyl (C=O) groups is 1. The van der Waals surface area contributed by atoms with Gasteiger partial charge in [0.15, 0.2) is 0 Å². The molecule has 0 bridgehead atoms. The van der Waals surface area contributed by atoms with Crippen LogP contribution in [-0.2, 0) is 4.74 Å². The van der Waals surface area contributed by atoms with Crippen LogP contribution in [0.2, 0.25) is 5.02 Å². The van der Waals surface area contributed by atoms with Gasteiger partial charge >= 0.3 is 5.97 Å². The monoisotopic (exact) mass is 317 g/mol. The number of aromatic amines is 1. The summed E-state index contributed by atoms with van der Waals surface area (Å²) in [5.41, 5.74) is 0.683. The van der Waals surface area contributed by atoms with Crippen molar-refractivity contribution >= 4 is 28.5 Å². The molecule has 2 heterocycles. The van der Waals surface area contributed by atoms with Crippen molar-refractivity contribution in [1.82, 2.24) is 4.98 Å². The maximum Gasteiger partial charge on any atom is 0.343 e. The summed E-state index contributed by atoms with van der Waals surface area (Å²) < 4.78 is 10.2. The van der Waals surface area contributed by atoms with Crippen molar-refractivity contribution in [1.29, 1.82) is 0 Å². The smallest absolute Gasteiger partial charge is 0.343 e. The third kappa shape index (κ3) is 2.40. The summed E-state index contributed by atoms with van der Waals surface area (Å²) >= 11 is 6.23. The zero-order valence-corrected chi connectivity index (χ0v) is 12.4. The number of hydrogen-bond acceptors (Lipinski definition) is 4. The minimum Gasteiger partial charge on any atom is -0.464 e. The third-order valence-electron chi connectivity index (χ3n) is 3.25. The van der Waals surface area contributed by atoms with E-state index < -0.39 is 11.4 Å². The van der Waals surface area contributed by atoms with Crippen LogP contribution in [0.25, 0.3) is 22.2 Å². The highest BCUT2D eigenvalue weighted by Gasteiger charge is 2.16. The lowest BCUT2D eigenvalue weighted by Crippen LogP contribution is -2.18. The second-order valence-corrected chi connectivity index (χ2v) is 5.01. The molecule has 0 radical (unpaired) electrons. The van der Waals surface area contributed by atoms with Crippen molar-refractivity contribution in [2.75, 3.05) is 6.61 Å². The fraction of sp³-hybridized carbons (Fsp3) is 0.125. The summed E-state index contributed by atoms with van der Waals surface area (Å²) in [5, 5.41) is 0.795. The SMILES string of the molecule is CCOC(=O)c1c[nH]c2cc(Cl)c(-c3ccco3)cc2c1=O. The van der Waals surface area contributed by atoms with Crippen LogP contribution >= 0.6 is 11.6 Å². The number of esters is 1. The van der Waals surface area contributed by atoms with Gasteiger partial charge in [0.05, 0.1) is 23.4 Å². The van der Waals surface area contributed by atoms with E-state index in [2.05, 4.69) is 4.98 Å². The number of furan rings is 1. The van der Waals surface area contributed by atoms with E-state index >= 15 is 0 Å². The number of hydrogen-bond donors (Lipinski definition) is 1. The first-order valence-electron chi connectivity index (χ1n) is 6.67. The van der Waals surface area contributed by atoms with Crippen molar-refractivity contribution in [2.24, 2.45) is 0 Å². The van der Waals surface area contributed by atoms with Crippen LogP contribution in [0.15, 0.2) is 45.9 Å². The topological polar surface area (TPSA) is 72.3 Å². The first-order chi connectivity index (χ1) is 10.6. The molecule has 0 spiro atoms. The normalized spacial score (nSPS) is 10.8. The fourth-order valence-electron chi connectivity index (χ4n) is 2.22. The minimum atomic E-state index is -0.653. The Hall–Kier alpha value is -2.53. The highest BCUT2D eigenvalue weighted by Crippen LogP contribution is 2.31. The lowest BCUT2D eigenvalue weighted by Gasteiger charge is -2.06. The molecule has 6 heteroatoms. The number of benzene rings is 1. The van der Waals surface area contributed by atoms with Gasteiger partial charge in [-0.15, -0.1) is 0 Å². The molecule has 0 unspecified atom stereocenters. The maximum absolute atomic E-state index is 12.5. The molecule has 2 aromatic heterocycles. The second-order valence-electron chi connectivity index (χ2n) is 4.61. The van der Waals surface area contributed by atoms with E-state index in [0.717, 1.165) is 0 Å². The summed E-state index contributed by atoms with van der Waals surface area (Å²) in [6.45, 7) is 1.89. The predicted octanol–water partition coefficient (Wildman–Crippen LogP) is 3.62. The Kier molecular flexibility index (Phi) is 3.73. The average molecular weight is 318 g/mol. The number of rotatable bonds is 3. The largest absolute Gasteiger partial charge is 0.464 e. The van der Waals surface area contributed by atoms with Crippen molar-refractivity contribution < 1.29 is 13.9 Å². The molecule has 0 aliphatic heterocycles. The van der Waals surface area contributed by atoms with Crippen molar-refractivity contribution in [2.45, 2.75) is 6.92 Å². The van der Waals surface area contributed by atoms with Gasteiger partial charge in [0.2, 0.25) is 5.43 Å². The van der Waals surface area contributed by atoms with Crippen LogP contribution in [0.1, 0.15) is 17.3 Å². The van der Waals surface area contributed by atoms with Crippen molar-refractivity contribution in [3.8, 4) is 11.3 Å². The molecule has 0 saturated carbocycles. The summed E-state index contributed by atoms with van der Waals surface area (Å²) in [6.07, 6.45) is 2.86. The van der Waals surface area contributed by atoms with E-state index in [1.165, 1.54) is 12.5 Å². The van der Waals surface area contributed by atoms with E-state index in [-0.39, 0.29) is 12.2 Å². The van der Waals surface area contributed by atoms with Gasteiger partial charge in [-0.1, -0.05) is 11.6 Å². The molecular formula is C16H12ClNO4. The van der Waals surface area contributed by atoms with E-state index in [1.54, 1.807) is 31.2 Å². The second kappa shape index (κ2) is 5.69. The zero-order chi connectivity index (χ0) is 15.7. The Morgan fingerprint density at radius 3 is 2.91 bits per heavy atom. The quantitative estimate of drug-likeness (QED) is 0.749. The highest BCUT2D eigenvalue weighted by atomic mass is 35.5. The zero-order valence-electron chi connectivity index (χ0n) is 11.7. The Bertz CT molecular complexity index is 896. The molecule has 1 N–H and O–H groups in total. The van der Waals surface area contributed by atoms with Crippen LogP contribution in [-0.4, -0.2) is 17.6 Å². The lowest BCUT2D eigenvalue weighted by molar-refractivity contribution is 0.0524.